The van der Waals surface area contributed by atoms with E-state index in [-0.39, 0.29) is 6.04 Å². The highest BCUT2D eigenvalue weighted by Gasteiger charge is 2.24. The molecule has 1 aliphatic heterocycles. The van der Waals surface area contributed by atoms with Crippen molar-refractivity contribution in [2.45, 2.75) is 25.3 Å². The fourth-order valence-corrected chi connectivity index (χ4v) is 2.31. The summed E-state index contributed by atoms with van der Waals surface area (Å²) in [6.45, 7) is 3.00. The second-order valence-corrected chi connectivity index (χ2v) is 4.40. The van der Waals surface area contributed by atoms with Gasteiger partial charge >= 0.3 is 0 Å². The molecule has 1 aromatic rings. The zero-order chi connectivity index (χ0) is 10.1. The van der Waals surface area contributed by atoms with Crippen LogP contribution in [0.2, 0.25) is 5.02 Å². The molecule has 76 valence electrons. The quantitative estimate of drug-likeness (QED) is 0.788. The number of halogens is 1. The van der Waals surface area contributed by atoms with Gasteiger partial charge in [-0.25, -0.2) is 0 Å². The van der Waals surface area contributed by atoms with Crippen LogP contribution in [0.4, 0.5) is 5.69 Å². The summed E-state index contributed by atoms with van der Waals surface area (Å²) in [5.41, 5.74) is 8.22. The van der Waals surface area contributed by atoms with Gasteiger partial charge in [0.1, 0.15) is 0 Å². The molecular weight excluding hydrogens is 196 g/mol. The molecule has 1 heterocycles. The lowest BCUT2D eigenvalue weighted by molar-refractivity contribution is 0.584. The molecule has 2 rings (SSSR count). The minimum Gasteiger partial charge on any atom is -0.383 e. The molecule has 1 aromatic carbocycles. The second-order valence-electron chi connectivity index (χ2n) is 3.99. The maximum absolute atomic E-state index is 6.08. The van der Waals surface area contributed by atoms with Crippen molar-refractivity contribution in [1.82, 2.24) is 0 Å². The molecule has 3 heteroatoms. The van der Waals surface area contributed by atoms with Gasteiger partial charge in [-0.05, 0) is 25.0 Å². The van der Waals surface area contributed by atoms with E-state index in [1.165, 1.54) is 5.56 Å². The Kier molecular flexibility index (Phi) is 2.66. The van der Waals surface area contributed by atoms with Crippen LogP contribution in [-0.4, -0.2) is 12.6 Å². The summed E-state index contributed by atoms with van der Waals surface area (Å²) in [4.78, 5) is 0. The lowest BCUT2D eigenvalue weighted by Crippen LogP contribution is -2.19. The Morgan fingerprint density at radius 2 is 2.43 bits per heavy atom. The van der Waals surface area contributed by atoms with Gasteiger partial charge in [-0.15, -0.1) is 0 Å². The third-order valence-electron chi connectivity index (χ3n) is 2.67. The molecule has 0 aromatic heterocycles. The van der Waals surface area contributed by atoms with Crippen molar-refractivity contribution in [2.75, 3.05) is 11.9 Å². The van der Waals surface area contributed by atoms with Gasteiger partial charge in [0.05, 0.1) is 10.7 Å². The first-order valence-corrected chi connectivity index (χ1v) is 5.34. The van der Waals surface area contributed by atoms with Crippen LogP contribution in [0.1, 0.15) is 24.8 Å². The summed E-state index contributed by atoms with van der Waals surface area (Å²) in [6.07, 6.45) is 1.01. The number of nitrogens with one attached hydrogen (secondary N) is 1. The lowest BCUT2D eigenvalue weighted by Gasteiger charge is -2.12. The summed E-state index contributed by atoms with van der Waals surface area (Å²) >= 11 is 6.08. The number of rotatable bonds is 2. The van der Waals surface area contributed by atoms with Crippen molar-refractivity contribution < 1.29 is 0 Å². The molecule has 0 saturated heterocycles. The van der Waals surface area contributed by atoms with Gasteiger partial charge < -0.3 is 11.1 Å². The third-order valence-corrected chi connectivity index (χ3v) is 2.98. The van der Waals surface area contributed by atoms with Gasteiger partial charge in [-0.1, -0.05) is 23.7 Å². The highest BCUT2D eigenvalue weighted by Crippen LogP contribution is 2.38. The summed E-state index contributed by atoms with van der Waals surface area (Å²) in [6, 6.07) is 6.30. The van der Waals surface area contributed by atoms with E-state index in [2.05, 4.69) is 11.4 Å². The highest BCUT2D eigenvalue weighted by molar-refractivity contribution is 6.33. The number of anilines is 1. The van der Waals surface area contributed by atoms with E-state index in [1.807, 2.05) is 19.1 Å². The molecular formula is C11H15ClN2. The van der Waals surface area contributed by atoms with Crippen LogP contribution < -0.4 is 11.1 Å². The van der Waals surface area contributed by atoms with Gasteiger partial charge in [0.15, 0.2) is 0 Å². The zero-order valence-electron chi connectivity index (χ0n) is 8.26. The van der Waals surface area contributed by atoms with Crippen LogP contribution in [-0.2, 0) is 0 Å². The molecule has 3 N–H and O–H groups in total. The minimum absolute atomic E-state index is 0.242. The number of nitrogens with two attached hydrogens (primary N) is 1. The molecule has 2 atom stereocenters. The van der Waals surface area contributed by atoms with Crippen LogP contribution in [0.5, 0.6) is 0 Å². The smallest absolute Gasteiger partial charge is 0.0640 e. The molecule has 0 fully saturated rings. The molecule has 0 spiro atoms. The number of fused-ring (bicyclic) bond motifs is 1. The lowest BCUT2D eigenvalue weighted by atomic mass is 9.95. The van der Waals surface area contributed by atoms with Crippen molar-refractivity contribution in [1.29, 1.82) is 0 Å². The van der Waals surface area contributed by atoms with E-state index in [9.17, 15) is 0 Å². The van der Waals surface area contributed by atoms with Crippen molar-refractivity contribution in [3.8, 4) is 0 Å². The largest absolute Gasteiger partial charge is 0.383 e. The minimum atomic E-state index is 0.242. The first kappa shape index (κ1) is 9.81. The Hall–Kier alpha value is -0.730. The number of hydrogen-bond acceptors (Lipinski definition) is 2. The van der Waals surface area contributed by atoms with Gasteiger partial charge in [-0.3, -0.25) is 0 Å². The van der Waals surface area contributed by atoms with Crippen molar-refractivity contribution in [3.63, 3.8) is 0 Å². The van der Waals surface area contributed by atoms with E-state index >= 15 is 0 Å². The van der Waals surface area contributed by atoms with Crippen LogP contribution in [0.3, 0.4) is 0 Å². The summed E-state index contributed by atoms with van der Waals surface area (Å²) in [5, 5.41) is 4.15. The van der Waals surface area contributed by atoms with Crippen molar-refractivity contribution in [2.24, 2.45) is 5.73 Å². The monoisotopic (exact) mass is 210 g/mol. The average Bonchev–Trinajstić information content (AvgIpc) is 2.49. The molecule has 0 saturated carbocycles. The summed E-state index contributed by atoms with van der Waals surface area (Å²) in [7, 11) is 0. The third kappa shape index (κ3) is 1.72. The zero-order valence-corrected chi connectivity index (χ0v) is 9.01. The van der Waals surface area contributed by atoms with E-state index in [1.54, 1.807) is 0 Å². The van der Waals surface area contributed by atoms with Crippen LogP contribution >= 0.6 is 11.6 Å². The predicted molar refractivity (Wildman–Crippen MR) is 60.9 cm³/mol. The van der Waals surface area contributed by atoms with E-state index < -0.39 is 0 Å². The second kappa shape index (κ2) is 3.79. The Bertz CT molecular complexity index is 336. The Morgan fingerprint density at radius 3 is 3.14 bits per heavy atom. The molecule has 1 aliphatic rings. The molecule has 0 bridgehead atoms. The number of hydrogen-bond donors (Lipinski definition) is 2. The first-order chi connectivity index (χ1) is 6.68. The maximum atomic E-state index is 6.08. The van der Waals surface area contributed by atoms with Crippen molar-refractivity contribution >= 4 is 17.3 Å². The standard InChI is InChI=1S/C11H15ClN2/c1-7(13)5-8-6-14-11-9(8)3-2-4-10(11)12/h2-4,7-8,14H,5-6,13H2,1H3. The molecule has 14 heavy (non-hydrogen) atoms. The maximum Gasteiger partial charge on any atom is 0.0640 e. The van der Waals surface area contributed by atoms with Crippen LogP contribution in [0.15, 0.2) is 18.2 Å². The average molecular weight is 211 g/mol. The van der Waals surface area contributed by atoms with Gasteiger partial charge in [0.2, 0.25) is 0 Å². The summed E-state index contributed by atoms with van der Waals surface area (Å²) < 4.78 is 0. The molecule has 2 unspecified atom stereocenters. The van der Waals surface area contributed by atoms with Crippen LogP contribution in [0, 0.1) is 0 Å². The Morgan fingerprint density at radius 1 is 1.64 bits per heavy atom. The number of benzene rings is 1. The Balaban J connectivity index is 2.26. The predicted octanol–water partition coefficient (Wildman–Crippen LogP) is 2.59. The van der Waals surface area contributed by atoms with Gasteiger partial charge in [-0.2, -0.15) is 0 Å². The summed E-state index contributed by atoms with van der Waals surface area (Å²) in [5.74, 6) is 0.517. The fourth-order valence-electron chi connectivity index (χ4n) is 2.06. The molecule has 0 amide bonds. The van der Waals surface area contributed by atoms with Gasteiger partial charge in [0, 0.05) is 18.5 Å². The van der Waals surface area contributed by atoms with Crippen molar-refractivity contribution in [3.05, 3.63) is 28.8 Å². The number of para-hydroxylation sites is 1. The van der Waals surface area contributed by atoms with E-state index in [0.717, 1.165) is 23.7 Å². The molecule has 0 aliphatic carbocycles. The first-order valence-electron chi connectivity index (χ1n) is 4.96. The molecule has 0 radical (unpaired) electrons. The normalized spacial score (nSPS) is 21.5. The highest BCUT2D eigenvalue weighted by atomic mass is 35.5. The topological polar surface area (TPSA) is 38.0 Å². The van der Waals surface area contributed by atoms with E-state index in [4.69, 9.17) is 17.3 Å². The van der Waals surface area contributed by atoms with E-state index in [0.29, 0.717) is 5.92 Å². The SMILES string of the molecule is CC(N)CC1CNc2c(Cl)cccc21. The Labute approximate surface area is 89.4 Å². The fraction of sp³-hybridized carbons (Fsp3) is 0.455. The van der Waals surface area contributed by atoms with Crippen LogP contribution in [0.25, 0.3) is 0 Å². The van der Waals surface area contributed by atoms with Gasteiger partial charge in [0.25, 0.3) is 0 Å². The molecule has 2 nitrogen and oxygen atoms in total.